The smallest absolute Gasteiger partial charge is 0.242 e. The first-order valence-corrected chi connectivity index (χ1v) is 6.90. The van der Waals surface area contributed by atoms with Gasteiger partial charge < -0.3 is 10.4 Å². The van der Waals surface area contributed by atoms with Crippen molar-refractivity contribution in [1.82, 2.24) is 15.1 Å². The molecule has 5 nitrogen and oxygen atoms in total. The van der Waals surface area contributed by atoms with Crippen LogP contribution in [-0.2, 0) is 11.3 Å². The van der Waals surface area contributed by atoms with Crippen LogP contribution >= 0.6 is 0 Å². The monoisotopic (exact) mass is 275 g/mol. The highest BCUT2D eigenvalue weighted by Crippen LogP contribution is 2.15. The highest BCUT2D eigenvalue weighted by Gasteiger charge is 2.23. The van der Waals surface area contributed by atoms with Crippen LogP contribution in [-0.4, -0.2) is 32.9 Å². The fourth-order valence-electron chi connectivity index (χ4n) is 2.24. The molecule has 2 rings (SSSR count). The summed E-state index contributed by atoms with van der Waals surface area (Å²) in [6, 6.07) is 7.80. The average molecular weight is 275 g/mol. The fraction of sp³-hybridized carbons (Fsp3) is 0.467. The summed E-state index contributed by atoms with van der Waals surface area (Å²) in [5.41, 5.74) is 0.581. The molecule has 0 spiro atoms. The number of para-hydroxylation sites is 1. The minimum atomic E-state index is -0.366. The summed E-state index contributed by atoms with van der Waals surface area (Å²) in [5.74, 6) is -0.0864. The maximum Gasteiger partial charge on any atom is 0.242 e. The molecule has 2 aromatic rings. The van der Waals surface area contributed by atoms with E-state index in [0.717, 1.165) is 17.3 Å². The van der Waals surface area contributed by atoms with Gasteiger partial charge in [-0.2, -0.15) is 5.10 Å². The molecule has 1 aromatic heterocycles. The lowest BCUT2D eigenvalue weighted by Crippen LogP contribution is -2.47. The van der Waals surface area contributed by atoms with Gasteiger partial charge in [0.05, 0.1) is 11.7 Å². The number of rotatable bonds is 6. The fourth-order valence-corrected chi connectivity index (χ4v) is 2.24. The van der Waals surface area contributed by atoms with Gasteiger partial charge in [-0.1, -0.05) is 25.1 Å². The predicted molar refractivity (Wildman–Crippen MR) is 78.3 cm³/mol. The first-order valence-electron chi connectivity index (χ1n) is 6.90. The quantitative estimate of drug-likeness (QED) is 0.843. The second-order valence-corrected chi connectivity index (χ2v) is 5.30. The van der Waals surface area contributed by atoms with Crippen LogP contribution in [0.5, 0.6) is 0 Å². The van der Waals surface area contributed by atoms with Crippen molar-refractivity contribution in [2.24, 2.45) is 0 Å². The number of hydrogen-bond acceptors (Lipinski definition) is 3. The second kappa shape index (κ2) is 6.05. The molecule has 108 valence electrons. The van der Waals surface area contributed by atoms with Crippen LogP contribution in [0.3, 0.4) is 0 Å². The van der Waals surface area contributed by atoms with Crippen LogP contribution in [0.2, 0.25) is 0 Å². The molecule has 0 aliphatic carbocycles. The Morgan fingerprint density at radius 1 is 1.45 bits per heavy atom. The Bertz CT molecular complexity index is 594. The Morgan fingerprint density at radius 3 is 2.90 bits per heavy atom. The number of nitrogens with zero attached hydrogens (tertiary/aromatic N) is 2. The minimum Gasteiger partial charge on any atom is -0.396 e. The molecule has 2 N–H and O–H groups in total. The summed E-state index contributed by atoms with van der Waals surface area (Å²) in [6.45, 7) is 4.20. The molecule has 20 heavy (non-hydrogen) atoms. The van der Waals surface area contributed by atoms with Gasteiger partial charge in [0.25, 0.3) is 0 Å². The van der Waals surface area contributed by atoms with Gasteiger partial charge in [-0.25, -0.2) is 0 Å². The standard InChI is InChI=1S/C15H21N3O2/c1-3-15(2,8-9-19)17-14(20)11-18-13-7-5-4-6-12(13)10-16-18/h4-7,10,19H,3,8-9,11H2,1-2H3,(H,17,20). The molecule has 0 saturated heterocycles. The van der Waals surface area contributed by atoms with Crippen molar-refractivity contribution in [3.05, 3.63) is 30.5 Å². The largest absolute Gasteiger partial charge is 0.396 e. The van der Waals surface area contributed by atoms with Crippen molar-refractivity contribution >= 4 is 16.8 Å². The molecular formula is C15H21N3O2. The van der Waals surface area contributed by atoms with E-state index in [0.29, 0.717) is 6.42 Å². The third-order valence-electron chi connectivity index (χ3n) is 3.73. The number of aliphatic hydroxyl groups is 1. The lowest BCUT2D eigenvalue weighted by molar-refractivity contribution is -0.123. The van der Waals surface area contributed by atoms with Crippen LogP contribution < -0.4 is 5.32 Å². The van der Waals surface area contributed by atoms with Gasteiger partial charge >= 0.3 is 0 Å². The predicted octanol–water partition coefficient (Wildman–Crippen LogP) is 1.70. The summed E-state index contributed by atoms with van der Waals surface area (Å²) in [7, 11) is 0. The maximum absolute atomic E-state index is 12.1. The van der Waals surface area contributed by atoms with Crippen LogP contribution in [0, 0.1) is 0 Å². The van der Waals surface area contributed by atoms with Gasteiger partial charge in [0.2, 0.25) is 5.91 Å². The number of nitrogens with one attached hydrogen (secondary N) is 1. The van der Waals surface area contributed by atoms with E-state index >= 15 is 0 Å². The molecule has 0 aliphatic heterocycles. The van der Waals surface area contributed by atoms with E-state index in [2.05, 4.69) is 10.4 Å². The molecule has 1 unspecified atom stereocenters. The van der Waals surface area contributed by atoms with E-state index in [1.807, 2.05) is 38.1 Å². The summed E-state index contributed by atoms with van der Waals surface area (Å²) in [5, 5.41) is 17.3. The Hall–Kier alpha value is -1.88. The van der Waals surface area contributed by atoms with Crippen molar-refractivity contribution in [3.63, 3.8) is 0 Å². The highest BCUT2D eigenvalue weighted by molar-refractivity contribution is 5.82. The zero-order valence-electron chi connectivity index (χ0n) is 12.0. The third kappa shape index (κ3) is 3.17. The van der Waals surface area contributed by atoms with Gasteiger partial charge in [-0.05, 0) is 25.8 Å². The number of aliphatic hydroxyl groups excluding tert-OH is 1. The highest BCUT2D eigenvalue weighted by atomic mass is 16.3. The van der Waals surface area contributed by atoms with Gasteiger partial charge in [-0.3, -0.25) is 9.48 Å². The Kier molecular flexibility index (Phi) is 4.39. The summed E-state index contributed by atoms with van der Waals surface area (Å²) < 4.78 is 1.69. The van der Waals surface area contributed by atoms with Gasteiger partial charge in [0.1, 0.15) is 6.54 Å². The van der Waals surface area contributed by atoms with Crippen molar-refractivity contribution in [3.8, 4) is 0 Å². The van der Waals surface area contributed by atoms with Crippen LogP contribution in [0.15, 0.2) is 30.5 Å². The number of hydrogen-bond donors (Lipinski definition) is 2. The number of aromatic nitrogens is 2. The van der Waals surface area contributed by atoms with Crippen molar-refractivity contribution in [1.29, 1.82) is 0 Å². The van der Waals surface area contributed by atoms with E-state index in [-0.39, 0.29) is 24.6 Å². The SMILES string of the molecule is CCC(C)(CCO)NC(=O)Cn1ncc2ccccc21. The number of carbonyl (C=O) groups excluding carboxylic acids is 1. The molecule has 0 bridgehead atoms. The minimum absolute atomic E-state index is 0.0648. The molecule has 1 aromatic carbocycles. The van der Waals surface area contributed by atoms with Crippen LogP contribution in [0.1, 0.15) is 26.7 Å². The first-order chi connectivity index (χ1) is 9.58. The first kappa shape index (κ1) is 14.5. The van der Waals surface area contributed by atoms with Crippen LogP contribution in [0.4, 0.5) is 0 Å². The van der Waals surface area contributed by atoms with E-state index in [9.17, 15) is 4.79 Å². The lowest BCUT2D eigenvalue weighted by Gasteiger charge is -2.29. The molecule has 0 saturated carbocycles. The van der Waals surface area contributed by atoms with Crippen molar-refractivity contribution in [2.45, 2.75) is 38.8 Å². The number of benzene rings is 1. The number of fused-ring (bicyclic) bond motifs is 1. The zero-order chi connectivity index (χ0) is 14.6. The van der Waals surface area contributed by atoms with Crippen molar-refractivity contribution in [2.75, 3.05) is 6.61 Å². The molecule has 0 radical (unpaired) electrons. The number of carbonyl (C=O) groups is 1. The van der Waals surface area contributed by atoms with Gasteiger partial charge in [0, 0.05) is 17.5 Å². The van der Waals surface area contributed by atoms with Gasteiger partial charge in [-0.15, -0.1) is 0 Å². The Labute approximate surface area is 118 Å². The molecule has 0 fully saturated rings. The average Bonchev–Trinajstić information content (AvgIpc) is 2.82. The number of amides is 1. The Balaban J connectivity index is 2.08. The molecule has 5 heteroatoms. The van der Waals surface area contributed by atoms with Crippen molar-refractivity contribution < 1.29 is 9.90 Å². The normalized spacial score (nSPS) is 14.2. The van der Waals surface area contributed by atoms with E-state index in [1.54, 1.807) is 10.9 Å². The van der Waals surface area contributed by atoms with Crippen LogP contribution in [0.25, 0.3) is 10.9 Å². The lowest BCUT2D eigenvalue weighted by atomic mass is 9.95. The topological polar surface area (TPSA) is 67.2 Å². The van der Waals surface area contributed by atoms with E-state index < -0.39 is 0 Å². The molecule has 1 atom stereocenters. The molecule has 1 amide bonds. The molecule has 0 aliphatic rings. The summed E-state index contributed by atoms with van der Waals surface area (Å²) >= 11 is 0. The molecular weight excluding hydrogens is 254 g/mol. The zero-order valence-corrected chi connectivity index (χ0v) is 12.0. The van der Waals surface area contributed by atoms with E-state index in [1.165, 1.54) is 0 Å². The van der Waals surface area contributed by atoms with E-state index in [4.69, 9.17) is 5.11 Å². The third-order valence-corrected chi connectivity index (χ3v) is 3.73. The summed E-state index contributed by atoms with van der Waals surface area (Å²) in [4.78, 5) is 12.1. The van der Waals surface area contributed by atoms with Gasteiger partial charge in [0.15, 0.2) is 0 Å². The maximum atomic E-state index is 12.1. The Morgan fingerprint density at radius 2 is 2.20 bits per heavy atom. The summed E-state index contributed by atoms with van der Waals surface area (Å²) in [6.07, 6.45) is 3.09. The second-order valence-electron chi connectivity index (χ2n) is 5.30. The molecule has 1 heterocycles.